The third-order valence-electron chi connectivity index (χ3n) is 3.36. The van der Waals surface area contributed by atoms with E-state index < -0.39 is 18.1 Å². The maximum atomic E-state index is 12.1. The monoisotopic (exact) mass is 240 g/mol. The van der Waals surface area contributed by atoms with Crippen molar-refractivity contribution in [2.75, 3.05) is 6.54 Å². The number of hydrogen-bond acceptors (Lipinski definition) is 3. The lowest BCUT2D eigenvalue weighted by molar-refractivity contribution is -0.152. The van der Waals surface area contributed by atoms with Crippen LogP contribution in [0.25, 0.3) is 0 Å². The molecular weight excluding hydrogens is 224 g/mol. The summed E-state index contributed by atoms with van der Waals surface area (Å²) in [6, 6.07) is -1.25. The predicted molar refractivity (Wildman–Crippen MR) is 58.2 cm³/mol. The van der Waals surface area contributed by atoms with Crippen LogP contribution in [-0.2, 0) is 14.4 Å². The van der Waals surface area contributed by atoms with Gasteiger partial charge in [0, 0.05) is 13.0 Å². The third kappa shape index (κ3) is 2.40. The molecule has 2 aliphatic rings. The largest absolute Gasteiger partial charge is 0.480 e. The van der Waals surface area contributed by atoms with E-state index in [0.29, 0.717) is 25.8 Å². The molecule has 0 aromatic heterocycles. The Balaban J connectivity index is 2.06. The van der Waals surface area contributed by atoms with Crippen LogP contribution in [0.4, 0.5) is 0 Å². The SMILES string of the molecule is O=C1CC[C@H](C(=O)N2CCCC[C@@H]2C(=O)O)N1. The topological polar surface area (TPSA) is 86.7 Å². The van der Waals surface area contributed by atoms with Crippen LogP contribution in [0.1, 0.15) is 32.1 Å². The Morgan fingerprint density at radius 2 is 2.06 bits per heavy atom. The average Bonchev–Trinajstić information content (AvgIpc) is 2.75. The molecule has 2 saturated heterocycles. The fraction of sp³-hybridized carbons (Fsp3) is 0.727. The minimum Gasteiger partial charge on any atom is -0.480 e. The molecule has 0 aromatic carbocycles. The lowest BCUT2D eigenvalue weighted by atomic mass is 10.0. The van der Waals surface area contributed by atoms with Gasteiger partial charge in [0.2, 0.25) is 11.8 Å². The van der Waals surface area contributed by atoms with Crippen molar-refractivity contribution in [2.24, 2.45) is 0 Å². The van der Waals surface area contributed by atoms with Crippen LogP contribution in [0, 0.1) is 0 Å². The molecule has 2 rings (SSSR count). The molecule has 2 atom stereocenters. The van der Waals surface area contributed by atoms with Crippen LogP contribution in [0.2, 0.25) is 0 Å². The molecule has 0 spiro atoms. The van der Waals surface area contributed by atoms with E-state index >= 15 is 0 Å². The van der Waals surface area contributed by atoms with Gasteiger partial charge in [0.1, 0.15) is 12.1 Å². The van der Waals surface area contributed by atoms with Gasteiger partial charge in [-0.2, -0.15) is 0 Å². The van der Waals surface area contributed by atoms with Crippen molar-refractivity contribution in [3.05, 3.63) is 0 Å². The van der Waals surface area contributed by atoms with E-state index in [9.17, 15) is 14.4 Å². The van der Waals surface area contributed by atoms with Gasteiger partial charge in [-0.15, -0.1) is 0 Å². The number of carbonyl (C=O) groups is 3. The fourth-order valence-corrected chi connectivity index (χ4v) is 2.45. The first-order chi connectivity index (χ1) is 8.09. The number of amides is 2. The van der Waals surface area contributed by atoms with Crippen LogP contribution in [0.5, 0.6) is 0 Å². The van der Waals surface area contributed by atoms with Crippen LogP contribution in [0.15, 0.2) is 0 Å². The molecule has 0 aliphatic carbocycles. The first-order valence-corrected chi connectivity index (χ1v) is 5.92. The van der Waals surface area contributed by atoms with E-state index in [-0.39, 0.29) is 11.8 Å². The van der Waals surface area contributed by atoms with Gasteiger partial charge in [0.25, 0.3) is 0 Å². The normalized spacial score (nSPS) is 28.9. The molecule has 2 fully saturated rings. The third-order valence-corrected chi connectivity index (χ3v) is 3.36. The molecule has 2 amide bonds. The highest BCUT2D eigenvalue weighted by Gasteiger charge is 2.37. The highest BCUT2D eigenvalue weighted by atomic mass is 16.4. The molecule has 0 aromatic rings. The van der Waals surface area contributed by atoms with E-state index in [0.717, 1.165) is 12.8 Å². The Labute approximate surface area is 99.0 Å². The summed E-state index contributed by atoms with van der Waals surface area (Å²) in [5.41, 5.74) is 0. The van der Waals surface area contributed by atoms with Gasteiger partial charge in [0.15, 0.2) is 0 Å². The van der Waals surface area contributed by atoms with Crippen molar-refractivity contribution in [3.8, 4) is 0 Å². The van der Waals surface area contributed by atoms with E-state index in [1.54, 1.807) is 0 Å². The summed E-state index contributed by atoms with van der Waals surface area (Å²) in [4.78, 5) is 35.6. The summed E-state index contributed by atoms with van der Waals surface area (Å²) >= 11 is 0. The molecule has 6 heteroatoms. The molecule has 2 heterocycles. The molecule has 2 aliphatic heterocycles. The number of nitrogens with one attached hydrogen (secondary N) is 1. The van der Waals surface area contributed by atoms with Crippen molar-refractivity contribution in [1.29, 1.82) is 0 Å². The van der Waals surface area contributed by atoms with Gasteiger partial charge in [-0.25, -0.2) is 4.79 Å². The lowest BCUT2D eigenvalue weighted by Gasteiger charge is -2.34. The quantitative estimate of drug-likeness (QED) is 0.695. The number of carboxylic acids is 1. The van der Waals surface area contributed by atoms with Crippen LogP contribution >= 0.6 is 0 Å². The van der Waals surface area contributed by atoms with Crippen LogP contribution in [-0.4, -0.2) is 46.4 Å². The van der Waals surface area contributed by atoms with E-state index in [4.69, 9.17) is 5.11 Å². The number of aliphatic carboxylic acids is 1. The number of nitrogens with zero attached hydrogens (tertiary/aromatic N) is 1. The van der Waals surface area contributed by atoms with Crippen LogP contribution < -0.4 is 5.32 Å². The standard InChI is InChI=1S/C11H16N2O4/c14-9-5-4-7(12-9)10(15)13-6-2-1-3-8(13)11(16)17/h7-8H,1-6H2,(H,12,14)(H,16,17)/t7-,8-/m1/s1. The maximum Gasteiger partial charge on any atom is 0.326 e. The van der Waals surface area contributed by atoms with Gasteiger partial charge in [0.05, 0.1) is 0 Å². The minimum absolute atomic E-state index is 0.132. The number of carbonyl (C=O) groups excluding carboxylic acids is 2. The number of carboxylic acid groups (broad SMARTS) is 1. The first-order valence-electron chi connectivity index (χ1n) is 5.92. The molecule has 0 radical (unpaired) electrons. The molecule has 17 heavy (non-hydrogen) atoms. The highest BCUT2D eigenvalue weighted by molar-refractivity contribution is 5.93. The van der Waals surface area contributed by atoms with E-state index in [2.05, 4.69) is 5.32 Å². The zero-order valence-corrected chi connectivity index (χ0v) is 9.52. The van der Waals surface area contributed by atoms with Gasteiger partial charge in [-0.3, -0.25) is 9.59 Å². The summed E-state index contributed by atoms with van der Waals surface area (Å²) in [6.45, 7) is 0.474. The number of rotatable bonds is 2. The smallest absolute Gasteiger partial charge is 0.326 e. The number of hydrogen-bond donors (Lipinski definition) is 2. The second-order valence-corrected chi connectivity index (χ2v) is 4.54. The highest BCUT2D eigenvalue weighted by Crippen LogP contribution is 2.20. The summed E-state index contributed by atoms with van der Waals surface area (Å²) in [5, 5.41) is 11.7. The molecule has 2 N–H and O–H groups in total. The van der Waals surface area contributed by atoms with Crippen molar-refractivity contribution < 1.29 is 19.5 Å². The predicted octanol–water partition coefficient (Wildman–Crippen LogP) is -0.269. The first kappa shape index (κ1) is 11.9. The lowest BCUT2D eigenvalue weighted by Crippen LogP contribution is -2.53. The summed E-state index contributed by atoms with van der Waals surface area (Å²) in [6.07, 6.45) is 2.98. The van der Waals surface area contributed by atoms with Crippen molar-refractivity contribution in [3.63, 3.8) is 0 Å². The minimum atomic E-state index is -0.956. The molecule has 0 unspecified atom stereocenters. The summed E-state index contributed by atoms with van der Waals surface area (Å²) < 4.78 is 0. The summed E-state index contributed by atoms with van der Waals surface area (Å²) in [7, 11) is 0. The fourth-order valence-electron chi connectivity index (χ4n) is 2.45. The number of likely N-dealkylation sites (tertiary alicyclic amines) is 1. The molecular formula is C11H16N2O4. The Morgan fingerprint density at radius 1 is 1.29 bits per heavy atom. The van der Waals surface area contributed by atoms with E-state index in [1.165, 1.54) is 4.90 Å². The Kier molecular flexibility index (Phi) is 3.31. The molecule has 6 nitrogen and oxygen atoms in total. The van der Waals surface area contributed by atoms with Gasteiger partial charge in [-0.1, -0.05) is 0 Å². The maximum absolute atomic E-state index is 12.1. The molecule has 0 bridgehead atoms. The second kappa shape index (κ2) is 4.73. The van der Waals surface area contributed by atoms with Gasteiger partial charge in [-0.05, 0) is 25.7 Å². The van der Waals surface area contributed by atoms with Crippen LogP contribution in [0.3, 0.4) is 0 Å². The molecule has 94 valence electrons. The average molecular weight is 240 g/mol. The number of piperidine rings is 1. The van der Waals surface area contributed by atoms with Crippen molar-refractivity contribution >= 4 is 17.8 Å². The van der Waals surface area contributed by atoms with Gasteiger partial charge < -0.3 is 15.3 Å². The van der Waals surface area contributed by atoms with E-state index in [1.807, 2.05) is 0 Å². The van der Waals surface area contributed by atoms with Gasteiger partial charge >= 0.3 is 5.97 Å². The Hall–Kier alpha value is -1.59. The summed E-state index contributed by atoms with van der Waals surface area (Å²) in [5.74, 6) is -1.34. The molecule has 0 saturated carbocycles. The van der Waals surface area contributed by atoms with Crippen molar-refractivity contribution in [1.82, 2.24) is 10.2 Å². The Morgan fingerprint density at radius 3 is 2.65 bits per heavy atom. The van der Waals surface area contributed by atoms with Crippen molar-refractivity contribution in [2.45, 2.75) is 44.2 Å². The second-order valence-electron chi connectivity index (χ2n) is 4.54. The Bertz CT molecular complexity index is 355. The zero-order valence-electron chi connectivity index (χ0n) is 9.52. The zero-order chi connectivity index (χ0) is 12.4.